The van der Waals surface area contributed by atoms with Crippen LogP contribution in [0.4, 0.5) is 10.6 Å². The quantitative estimate of drug-likeness (QED) is 0.733. The van der Waals surface area contributed by atoms with Crippen LogP contribution in [0.25, 0.3) is 0 Å². The van der Waals surface area contributed by atoms with Crippen LogP contribution in [-0.2, 0) is 17.7 Å². The summed E-state index contributed by atoms with van der Waals surface area (Å²) >= 11 is 0. The average Bonchev–Trinajstić information content (AvgIpc) is 2.96. The minimum Gasteiger partial charge on any atom is -0.444 e. The van der Waals surface area contributed by atoms with Gasteiger partial charge in [0.05, 0.1) is 6.54 Å². The maximum absolute atomic E-state index is 12.3. The van der Waals surface area contributed by atoms with Gasteiger partial charge in [0.15, 0.2) is 5.82 Å². The Hall–Kier alpha value is -3.17. The van der Waals surface area contributed by atoms with Gasteiger partial charge in [-0.25, -0.2) is 9.89 Å². The number of anilines is 1. The second-order valence-corrected chi connectivity index (χ2v) is 6.94. The summed E-state index contributed by atoms with van der Waals surface area (Å²) in [6, 6.07) is 2.53. The first kappa shape index (κ1) is 17.6. The Morgan fingerprint density at radius 2 is 2.00 bits per heavy atom. The summed E-state index contributed by atoms with van der Waals surface area (Å²) in [6.45, 7) is 6.19. The lowest BCUT2D eigenvalue weighted by Gasteiger charge is -2.30. The van der Waals surface area contributed by atoms with E-state index in [4.69, 9.17) is 4.74 Å². The van der Waals surface area contributed by atoms with Crippen LogP contribution < -0.4 is 10.9 Å². The Morgan fingerprint density at radius 3 is 2.65 bits per heavy atom. The Kier molecular flexibility index (Phi) is 4.49. The molecule has 0 radical (unpaired) electrons. The Bertz CT molecular complexity index is 874. The molecule has 0 aromatic carbocycles. The highest BCUT2D eigenvalue weighted by atomic mass is 16.6. The van der Waals surface area contributed by atoms with Crippen LogP contribution in [0.2, 0.25) is 0 Å². The van der Waals surface area contributed by atoms with Crippen LogP contribution in [0.3, 0.4) is 0 Å². The monoisotopic (exact) mass is 360 g/mol. The van der Waals surface area contributed by atoms with E-state index in [-0.39, 0.29) is 12.2 Å². The molecule has 0 atom stereocenters. The molecule has 0 saturated carbocycles. The smallest absolute Gasteiger partial charge is 0.410 e. The fraction of sp³-hybridized carbons (Fsp3) is 0.438. The number of carbonyl (C=O) groups excluding carboxylic acids is 2. The number of carbonyl (C=O) groups is 2. The molecule has 3 heterocycles. The summed E-state index contributed by atoms with van der Waals surface area (Å²) in [4.78, 5) is 37.1. The van der Waals surface area contributed by atoms with Crippen LogP contribution >= 0.6 is 0 Å². The SMILES string of the molecule is CC(C)(C)OC(=O)N1CCc2[nH]nc(NC(=O)c3ccc(=O)[nH]n3)c2C1. The minimum absolute atomic E-state index is 0.0566. The molecule has 2 amide bonds. The highest BCUT2D eigenvalue weighted by Crippen LogP contribution is 2.25. The van der Waals surface area contributed by atoms with Crippen molar-refractivity contribution in [2.24, 2.45) is 0 Å². The molecule has 0 aliphatic carbocycles. The standard InChI is InChI=1S/C16H20N6O4/c1-16(2,3)26-15(25)22-7-6-10-9(8-22)13(21-18-10)17-14(24)11-4-5-12(23)20-19-11/h4-5H,6-8H2,1-3H3,(H,20,23)(H2,17,18,21,24). The predicted octanol–water partition coefficient (Wildman–Crippen LogP) is 1.04. The van der Waals surface area contributed by atoms with Crippen molar-refractivity contribution in [3.05, 3.63) is 39.4 Å². The molecule has 0 spiro atoms. The fourth-order valence-corrected chi connectivity index (χ4v) is 2.52. The Labute approximate surface area is 148 Å². The van der Waals surface area contributed by atoms with Gasteiger partial charge in [0, 0.05) is 30.3 Å². The highest BCUT2D eigenvalue weighted by Gasteiger charge is 2.29. The number of aromatic amines is 2. The van der Waals surface area contributed by atoms with Crippen molar-refractivity contribution in [3.8, 4) is 0 Å². The molecule has 2 aromatic rings. The molecule has 0 fully saturated rings. The molecular formula is C16H20N6O4. The summed E-state index contributed by atoms with van der Waals surface area (Å²) in [5.41, 5.74) is 0.656. The second kappa shape index (κ2) is 6.62. The third kappa shape index (κ3) is 3.90. The topological polar surface area (TPSA) is 133 Å². The third-order valence-corrected chi connectivity index (χ3v) is 3.73. The zero-order valence-electron chi connectivity index (χ0n) is 14.8. The third-order valence-electron chi connectivity index (χ3n) is 3.73. The molecule has 3 rings (SSSR count). The van der Waals surface area contributed by atoms with E-state index < -0.39 is 23.2 Å². The van der Waals surface area contributed by atoms with E-state index in [1.165, 1.54) is 12.1 Å². The van der Waals surface area contributed by atoms with E-state index in [1.807, 2.05) is 0 Å². The van der Waals surface area contributed by atoms with Gasteiger partial charge in [0.25, 0.3) is 11.5 Å². The van der Waals surface area contributed by atoms with Crippen LogP contribution in [0.1, 0.15) is 42.5 Å². The van der Waals surface area contributed by atoms with Crippen molar-refractivity contribution in [2.75, 3.05) is 11.9 Å². The van der Waals surface area contributed by atoms with Crippen LogP contribution in [-0.4, -0.2) is 49.4 Å². The second-order valence-electron chi connectivity index (χ2n) is 6.94. The molecule has 10 nitrogen and oxygen atoms in total. The summed E-state index contributed by atoms with van der Waals surface area (Å²) in [6.07, 6.45) is 0.165. The Balaban J connectivity index is 1.74. The van der Waals surface area contributed by atoms with E-state index in [0.717, 1.165) is 11.3 Å². The fourth-order valence-electron chi connectivity index (χ4n) is 2.52. The van der Waals surface area contributed by atoms with Gasteiger partial charge in [-0.15, -0.1) is 0 Å². The summed E-state index contributed by atoms with van der Waals surface area (Å²) in [5, 5.41) is 15.5. The van der Waals surface area contributed by atoms with E-state index in [9.17, 15) is 14.4 Å². The lowest BCUT2D eigenvalue weighted by molar-refractivity contribution is 0.0224. The first-order valence-electron chi connectivity index (χ1n) is 8.14. The van der Waals surface area contributed by atoms with Crippen LogP contribution in [0.5, 0.6) is 0 Å². The maximum atomic E-state index is 12.3. The number of fused-ring (bicyclic) bond motifs is 1. The molecule has 1 aliphatic rings. The van der Waals surface area contributed by atoms with Gasteiger partial charge in [0.1, 0.15) is 11.3 Å². The van der Waals surface area contributed by atoms with Gasteiger partial charge in [-0.05, 0) is 26.8 Å². The number of ether oxygens (including phenoxy) is 1. The molecule has 138 valence electrons. The van der Waals surface area contributed by atoms with E-state index in [1.54, 1.807) is 25.7 Å². The summed E-state index contributed by atoms with van der Waals surface area (Å²) < 4.78 is 5.40. The molecule has 26 heavy (non-hydrogen) atoms. The molecule has 3 N–H and O–H groups in total. The predicted molar refractivity (Wildman–Crippen MR) is 91.7 cm³/mol. The van der Waals surface area contributed by atoms with E-state index >= 15 is 0 Å². The number of H-pyrrole nitrogens is 2. The van der Waals surface area contributed by atoms with Gasteiger partial charge in [0.2, 0.25) is 0 Å². The maximum Gasteiger partial charge on any atom is 0.410 e. The van der Waals surface area contributed by atoms with Crippen LogP contribution in [0, 0.1) is 0 Å². The number of nitrogens with one attached hydrogen (secondary N) is 3. The van der Waals surface area contributed by atoms with Crippen molar-refractivity contribution < 1.29 is 14.3 Å². The molecule has 0 unspecified atom stereocenters. The number of hydrogen-bond acceptors (Lipinski definition) is 6. The molecule has 10 heteroatoms. The van der Waals surface area contributed by atoms with E-state index in [0.29, 0.717) is 18.8 Å². The molecule has 0 saturated heterocycles. The summed E-state index contributed by atoms with van der Waals surface area (Å²) in [5.74, 6) is -0.184. The van der Waals surface area contributed by atoms with Gasteiger partial charge in [-0.1, -0.05) is 0 Å². The molecule has 1 aliphatic heterocycles. The number of hydrogen-bond donors (Lipinski definition) is 3. The first-order valence-corrected chi connectivity index (χ1v) is 8.14. The minimum atomic E-state index is -0.583. The highest BCUT2D eigenvalue weighted by molar-refractivity contribution is 6.02. The lowest BCUT2D eigenvalue weighted by Crippen LogP contribution is -2.40. The van der Waals surface area contributed by atoms with Gasteiger partial charge < -0.3 is 15.0 Å². The van der Waals surface area contributed by atoms with Gasteiger partial charge in [-0.3, -0.25) is 14.7 Å². The van der Waals surface area contributed by atoms with Crippen LogP contribution in [0.15, 0.2) is 16.9 Å². The van der Waals surface area contributed by atoms with Gasteiger partial charge in [-0.2, -0.15) is 10.2 Å². The van der Waals surface area contributed by atoms with Crippen molar-refractivity contribution >= 4 is 17.8 Å². The molecule has 2 aromatic heterocycles. The van der Waals surface area contributed by atoms with Crippen molar-refractivity contribution in [2.45, 2.75) is 39.3 Å². The lowest BCUT2D eigenvalue weighted by atomic mass is 10.1. The van der Waals surface area contributed by atoms with Gasteiger partial charge >= 0.3 is 6.09 Å². The largest absolute Gasteiger partial charge is 0.444 e. The zero-order chi connectivity index (χ0) is 18.9. The number of nitrogens with zero attached hydrogens (tertiary/aromatic N) is 3. The van der Waals surface area contributed by atoms with Crippen molar-refractivity contribution in [3.63, 3.8) is 0 Å². The Morgan fingerprint density at radius 1 is 1.23 bits per heavy atom. The van der Waals surface area contributed by atoms with E-state index in [2.05, 4.69) is 25.7 Å². The van der Waals surface area contributed by atoms with Crippen molar-refractivity contribution in [1.29, 1.82) is 0 Å². The number of rotatable bonds is 2. The average molecular weight is 360 g/mol. The van der Waals surface area contributed by atoms with Crippen molar-refractivity contribution in [1.82, 2.24) is 25.3 Å². The first-order chi connectivity index (χ1) is 12.2. The molecular weight excluding hydrogens is 340 g/mol. The normalized spacial score (nSPS) is 13.9. The molecule has 0 bridgehead atoms. The zero-order valence-corrected chi connectivity index (χ0v) is 14.8. The number of aromatic nitrogens is 4. The number of amides is 2. The summed E-state index contributed by atoms with van der Waals surface area (Å²) in [7, 11) is 0.